The largest absolute Gasteiger partial charge is 0.454 e. The molecule has 0 aromatic heterocycles. The topological polar surface area (TPSA) is 47.6 Å². The Morgan fingerprint density at radius 3 is 2.86 bits per heavy atom. The lowest BCUT2D eigenvalue weighted by Gasteiger charge is -2.03. The van der Waals surface area contributed by atoms with Gasteiger partial charge < -0.3 is 14.8 Å². The van der Waals surface area contributed by atoms with E-state index in [1.165, 1.54) is 0 Å². The summed E-state index contributed by atoms with van der Waals surface area (Å²) in [5.74, 6) is 0.937. The van der Waals surface area contributed by atoms with Crippen LogP contribution in [0, 0.1) is 0 Å². The minimum Gasteiger partial charge on any atom is -0.454 e. The lowest BCUT2D eigenvalue weighted by atomic mass is 10.0. The molecule has 22 heavy (non-hydrogen) atoms. The van der Waals surface area contributed by atoms with Gasteiger partial charge in [0.15, 0.2) is 11.5 Å². The van der Waals surface area contributed by atoms with Crippen molar-refractivity contribution in [3.05, 3.63) is 51.5 Å². The maximum atomic E-state index is 12.2. The number of nitrogens with one attached hydrogen (secondary N) is 1. The predicted octanol–water partition coefficient (Wildman–Crippen LogP) is 4.21. The first-order valence-electron chi connectivity index (χ1n) is 6.54. The highest BCUT2D eigenvalue weighted by atomic mass is 35.5. The van der Waals surface area contributed by atoms with Crippen molar-refractivity contribution in [2.45, 2.75) is 0 Å². The standard InChI is InChI=1S/C16H9Cl2NO3/c17-9-1-2-10-11(16(20)19-13(10)6-9)3-8-4-12(18)15-14(5-8)21-7-22-15/h1-6H,7H2,(H,19,20)/b11-3-. The summed E-state index contributed by atoms with van der Waals surface area (Å²) in [6, 6.07) is 8.82. The van der Waals surface area contributed by atoms with Crippen molar-refractivity contribution in [1.82, 2.24) is 0 Å². The third-order valence-electron chi connectivity index (χ3n) is 3.53. The molecule has 0 unspecified atom stereocenters. The fraction of sp³-hybridized carbons (Fsp3) is 0.0625. The Kier molecular flexibility index (Phi) is 3.03. The Morgan fingerprint density at radius 1 is 1.14 bits per heavy atom. The van der Waals surface area contributed by atoms with Crippen LogP contribution in [0.1, 0.15) is 11.1 Å². The number of carbonyl (C=O) groups is 1. The Balaban J connectivity index is 1.81. The first-order valence-corrected chi connectivity index (χ1v) is 7.29. The fourth-order valence-electron chi connectivity index (χ4n) is 2.55. The average molecular weight is 334 g/mol. The zero-order valence-electron chi connectivity index (χ0n) is 11.2. The highest BCUT2D eigenvalue weighted by Gasteiger charge is 2.25. The van der Waals surface area contributed by atoms with Gasteiger partial charge in [0, 0.05) is 16.2 Å². The normalized spacial score (nSPS) is 16.8. The van der Waals surface area contributed by atoms with Crippen LogP contribution in [0.5, 0.6) is 11.5 Å². The third-order valence-corrected chi connectivity index (χ3v) is 4.04. The molecule has 1 N–H and O–H groups in total. The zero-order chi connectivity index (χ0) is 15.3. The molecule has 0 saturated carbocycles. The molecule has 2 aromatic carbocycles. The monoisotopic (exact) mass is 333 g/mol. The summed E-state index contributed by atoms with van der Waals surface area (Å²) >= 11 is 12.1. The first-order chi connectivity index (χ1) is 10.6. The van der Waals surface area contributed by atoms with Crippen molar-refractivity contribution < 1.29 is 14.3 Å². The van der Waals surface area contributed by atoms with Crippen LogP contribution in [0.4, 0.5) is 5.69 Å². The number of halogens is 2. The minimum absolute atomic E-state index is 0.150. The summed E-state index contributed by atoms with van der Waals surface area (Å²) in [7, 11) is 0. The van der Waals surface area contributed by atoms with Crippen LogP contribution in [-0.2, 0) is 4.79 Å². The molecule has 0 bridgehead atoms. The quantitative estimate of drug-likeness (QED) is 0.795. The molecular weight excluding hydrogens is 325 g/mol. The van der Waals surface area contributed by atoms with Crippen molar-refractivity contribution in [3.63, 3.8) is 0 Å². The number of hydrogen-bond acceptors (Lipinski definition) is 3. The van der Waals surface area contributed by atoms with E-state index in [1.54, 1.807) is 30.3 Å². The average Bonchev–Trinajstić information content (AvgIpc) is 3.04. The van der Waals surface area contributed by atoms with E-state index < -0.39 is 0 Å². The molecule has 2 aromatic rings. The number of benzene rings is 2. The highest BCUT2D eigenvalue weighted by molar-refractivity contribution is 6.37. The lowest BCUT2D eigenvalue weighted by Crippen LogP contribution is -2.03. The molecule has 4 nitrogen and oxygen atoms in total. The second kappa shape index (κ2) is 4.93. The maximum Gasteiger partial charge on any atom is 0.256 e. The fourth-order valence-corrected chi connectivity index (χ4v) is 2.99. The van der Waals surface area contributed by atoms with Gasteiger partial charge in [0.25, 0.3) is 5.91 Å². The molecule has 6 heteroatoms. The van der Waals surface area contributed by atoms with Crippen molar-refractivity contribution in [1.29, 1.82) is 0 Å². The van der Waals surface area contributed by atoms with Crippen LogP contribution >= 0.6 is 23.2 Å². The molecule has 0 atom stereocenters. The zero-order valence-corrected chi connectivity index (χ0v) is 12.7. The van der Waals surface area contributed by atoms with Crippen LogP contribution in [0.15, 0.2) is 30.3 Å². The number of ether oxygens (including phenoxy) is 2. The number of anilines is 1. The summed E-state index contributed by atoms with van der Waals surface area (Å²) in [6.07, 6.45) is 1.77. The molecular formula is C16H9Cl2NO3. The highest BCUT2D eigenvalue weighted by Crippen LogP contribution is 2.41. The number of carbonyl (C=O) groups excluding carboxylic acids is 1. The van der Waals surface area contributed by atoms with E-state index in [-0.39, 0.29) is 12.7 Å². The molecule has 0 saturated heterocycles. The van der Waals surface area contributed by atoms with Crippen LogP contribution in [0.2, 0.25) is 10.0 Å². The first kappa shape index (κ1) is 13.5. The van der Waals surface area contributed by atoms with E-state index in [4.69, 9.17) is 32.7 Å². The number of fused-ring (bicyclic) bond motifs is 2. The summed E-state index contributed by atoms with van der Waals surface area (Å²) < 4.78 is 10.6. The van der Waals surface area contributed by atoms with E-state index in [0.29, 0.717) is 32.8 Å². The second-order valence-electron chi connectivity index (χ2n) is 4.94. The van der Waals surface area contributed by atoms with E-state index in [1.807, 2.05) is 6.07 Å². The van der Waals surface area contributed by atoms with Gasteiger partial charge in [-0.25, -0.2) is 0 Å². The van der Waals surface area contributed by atoms with E-state index in [0.717, 1.165) is 11.1 Å². The molecule has 0 aliphatic carbocycles. The molecule has 0 fully saturated rings. The Hall–Kier alpha value is -2.17. The SMILES string of the molecule is O=C1Nc2cc(Cl)ccc2/C1=C/c1cc(Cl)c2c(c1)OCO2. The van der Waals surface area contributed by atoms with Gasteiger partial charge in [-0.15, -0.1) is 0 Å². The summed E-state index contributed by atoms with van der Waals surface area (Å²) in [5.41, 5.74) is 2.84. The van der Waals surface area contributed by atoms with Crippen molar-refractivity contribution in [2.75, 3.05) is 12.1 Å². The molecule has 4 rings (SSSR count). The Morgan fingerprint density at radius 2 is 2.00 bits per heavy atom. The van der Waals surface area contributed by atoms with Gasteiger partial charge in [0.2, 0.25) is 6.79 Å². The van der Waals surface area contributed by atoms with Gasteiger partial charge in [0.05, 0.1) is 10.7 Å². The lowest BCUT2D eigenvalue weighted by molar-refractivity contribution is -0.110. The molecule has 0 spiro atoms. The van der Waals surface area contributed by atoms with E-state index in [9.17, 15) is 4.79 Å². The van der Waals surface area contributed by atoms with Gasteiger partial charge in [0.1, 0.15) is 0 Å². The van der Waals surface area contributed by atoms with Crippen molar-refractivity contribution >= 4 is 46.4 Å². The second-order valence-corrected chi connectivity index (χ2v) is 5.78. The molecule has 2 heterocycles. The summed E-state index contributed by atoms with van der Waals surface area (Å²) in [5, 5.41) is 3.83. The molecule has 2 aliphatic rings. The van der Waals surface area contributed by atoms with Crippen LogP contribution < -0.4 is 14.8 Å². The number of amides is 1. The third kappa shape index (κ3) is 2.12. The predicted molar refractivity (Wildman–Crippen MR) is 85.5 cm³/mol. The van der Waals surface area contributed by atoms with Crippen LogP contribution in [0.25, 0.3) is 11.6 Å². The minimum atomic E-state index is -0.175. The van der Waals surface area contributed by atoms with Gasteiger partial charge in [-0.3, -0.25) is 4.79 Å². The van der Waals surface area contributed by atoms with Gasteiger partial charge in [-0.05, 0) is 35.9 Å². The van der Waals surface area contributed by atoms with Crippen molar-refractivity contribution in [2.24, 2.45) is 0 Å². The summed E-state index contributed by atoms with van der Waals surface area (Å²) in [4.78, 5) is 12.2. The van der Waals surface area contributed by atoms with Crippen LogP contribution in [-0.4, -0.2) is 12.7 Å². The molecule has 2 aliphatic heterocycles. The van der Waals surface area contributed by atoms with Gasteiger partial charge >= 0.3 is 0 Å². The van der Waals surface area contributed by atoms with Gasteiger partial charge in [-0.2, -0.15) is 0 Å². The maximum absolute atomic E-state index is 12.2. The smallest absolute Gasteiger partial charge is 0.256 e. The van der Waals surface area contributed by atoms with E-state index >= 15 is 0 Å². The van der Waals surface area contributed by atoms with E-state index in [2.05, 4.69) is 5.32 Å². The van der Waals surface area contributed by atoms with Crippen LogP contribution in [0.3, 0.4) is 0 Å². The Labute approximate surface area is 136 Å². The number of hydrogen-bond donors (Lipinski definition) is 1. The Bertz CT molecular complexity index is 846. The molecule has 0 radical (unpaired) electrons. The van der Waals surface area contributed by atoms with Crippen molar-refractivity contribution in [3.8, 4) is 11.5 Å². The summed E-state index contributed by atoms with van der Waals surface area (Å²) in [6.45, 7) is 0.150. The molecule has 110 valence electrons. The number of rotatable bonds is 1. The van der Waals surface area contributed by atoms with Gasteiger partial charge in [-0.1, -0.05) is 29.3 Å². The molecule has 1 amide bonds.